The van der Waals surface area contributed by atoms with Crippen LogP contribution in [-0.2, 0) is 12.7 Å². The van der Waals surface area contributed by atoms with E-state index in [1.165, 1.54) is 0 Å². The van der Waals surface area contributed by atoms with Crippen LogP contribution >= 0.6 is 0 Å². The standard InChI is InChI=1S/C17H21F3N6O/c1-10(2)13-3-14(22-9-21-13)26-6-11-4-25(5-12(11)7-26)8-15-23-24-16(27-15)17(18,19)20/h3,9-12H,4-8H2,1-2H3. The Morgan fingerprint density at radius 2 is 1.81 bits per heavy atom. The van der Waals surface area contributed by atoms with E-state index in [1.54, 1.807) is 6.33 Å². The van der Waals surface area contributed by atoms with Crippen LogP contribution in [0.1, 0.15) is 37.2 Å². The lowest BCUT2D eigenvalue weighted by atomic mass is 10.0. The van der Waals surface area contributed by atoms with E-state index in [9.17, 15) is 13.2 Å². The maximum absolute atomic E-state index is 12.6. The molecule has 0 amide bonds. The van der Waals surface area contributed by atoms with Crippen LogP contribution in [0.5, 0.6) is 0 Å². The molecule has 0 bridgehead atoms. The Balaban J connectivity index is 1.36. The molecule has 2 atom stereocenters. The highest BCUT2D eigenvalue weighted by atomic mass is 19.4. The largest absolute Gasteiger partial charge is 0.470 e. The van der Waals surface area contributed by atoms with Crippen molar-refractivity contribution in [3.8, 4) is 0 Å². The number of rotatable bonds is 4. The molecule has 10 heteroatoms. The molecule has 2 aromatic rings. The molecular formula is C17H21F3N6O. The van der Waals surface area contributed by atoms with Gasteiger partial charge >= 0.3 is 12.1 Å². The molecule has 0 radical (unpaired) electrons. The Morgan fingerprint density at radius 3 is 2.41 bits per heavy atom. The van der Waals surface area contributed by atoms with Crippen molar-refractivity contribution in [3.05, 3.63) is 29.9 Å². The highest BCUT2D eigenvalue weighted by molar-refractivity contribution is 5.41. The summed E-state index contributed by atoms with van der Waals surface area (Å²) in [5.41, 5.74) is 1.02. The molecule has 2 aliphatic rings. The molecule has 2 fully saturated rings. The van der Waals surface area contributed by atoms with E-state index in [0.29, 0.717) is 17.8 Å². The Morgan fingerprint density at radius 1 is 1.11 bits per heavy atom. The summed E-state index contributed by atoms with van der Waals surface area (Å²) in [5, 5.41) is 6.61. The zero-order valence-electron chi connectivity index (χ0n) is 15.1. The molecule has 4 rings (SSSR count). The average molecular weight is 382 g/mol. The van der Waals surface area contributed by atoms with Gasteiger partial charge in [-0.05, 0) is 17.8 Å². The smallest absolute Gasteiger partial charge is 0.416 e. The SMILES string of the molecule is CC(C)c1cc(N2CC3CN(Cc4nnc(C(F)(F)F)o4)CC3C2)ncn1. The van der Waals surface area contributed by atoms with Crippen molar-refractivity contribution < 1.29 is 17.6 Å². The molecular weight excluding hydrogens is 361 g/mol. The first-order chi connectivity index (χ1) is 12.8. The summed E-state index contributed by atoms with van der Waals surface area (Å²) in [6.07, 6.45) is -2.99. The molecule has 2 aliphatic heterocycles. The van der Waals surface area contributed by atoms with Crippen LogP contribution in [-0.4, -0.2) is 51.2 Å². The summed E-state index contributed by atoms with van der Waals surface area (Å²) in [5.74, 6) is 0.922. The number of anilines is 1. The van der Waals surface area contributed by atoms with Crippen molar-refractivity contribution in [1.82, 2.24) is 25.1 Å². The summed E-state index contributed by atoms with van der Waals surface area (Å²) in [4.78, 5) is 13.1. The van der Waals surface area contributed by atoms with E-state index in [1.807, 2.05) is 6.07 Å². The highest BCUT2D eigenvalue weighted by Gasteiger charge is 2.42. The molecule has 27 heavy (non-hydrogen) atoms. The second kappa shape index (κ2) is 6.74. The quantitative estimate of drug-likeness (QED) is 0.805. The Bertz CT molecular complexity index is 794. The Labute approximate surface area is 154 Å². The number of hydrogen-bond acceptors (Lipinski definition) is 7. The van der Waals surface area contributed by atoms with Crippen LogP contribution in [0.4, 0.5) is 19.0 Å². The number of aromatic nitrogens is 4. The van der Waals surface area contributed by atoms with Crippen molar-refractivity contribution in [1.29, 1.82) is 0 Å². The third-order valence-corrected chi connectivity index (χ3v) is 5.22. The van der Waals surface area contributed by atoms with Gasteiger partial charge in [0.1, 0.15) is 12.1 Å². The van der Waals surface area contributed by atoms with Crippen molar-refractivity contribution in [3.63, 3.8) is 0 Å². The first kappa shape index (κ1) is 18.1. The van der Waals surface area contributed by atoms with Gasteiger partial charge in [0.15, 0.2) is 0 Å². The number of halogens is 3. The number of fused-ring (bicyclic) bond motifs is 1. The van der Waals surface area contributed by atoms with Gasteiger partial charge in [-0.2, -0.15) is 13.2 Å². The van der Waals surface area contributed by atoms with Gasteiger partial charge in [0.05, 0.1) is 6.54 Å². The lowest BCUT2D eigenvalue weighted by Crippen LogP contribution is -2.29. The van der Waals surface area contributed by atoms with Crippen LogP contribution in [0, 0.1) is 11.8 Å². The minimum absolute atomic E-state index is 0.0107. The molecule has 4 heterocycles. The molecule has 2 unspecified atom stereocenters. The second-order valence-corrected chi connectivity index (χ2v) is 7.57. The summed E-state index contributed by atoms with van der Waals surface area (Å²) in [6, 6.07) is 2.04. The molecule has 0 N–H and O–H groups in total. The van der Waals surface area contributed by atoms with E-state index >= 15 is 0 Å². The minimum Gasteiger partial charge on any atom is -0.416 e. The van der Waals surface area contributed by atoms with Gasteiger partial charge in [0, 0.05) is 37.9 Å². The van der Waals surface area contributed by atoms with Gasteiger partial charge in [-0.3, -0.25) is 4.90 Å². The highest BCUT2D eigenvalue weighted by Crippen LogP contribution is 2.34. The number of nitrogens with zero attached hydrogens (tertiary/aromatic N) is 6. The van der Waals surface area contributed by atoms with E-state index in [4.69, 9.17) is 4.42 Å². The van der Waals surface area contributed by atoms with Gasteiger partial charge < -0.3 is 9.32 Å². The molecule has 0 saturated carbocycles. The number of alkyl halides is 3. The third kappa shape index (κ3) is 3.76. The Hall–Kier alpha value is -2.23. The lowest BCUT2D eigenvalue weighted by molar-refractivity contribution is -0.157. The van der Waals surface area contributed by atoms with Crippen molar-refractivity contribution in [2.24, 2.45) is 11.8 Å². The predicted molar refractivity (Wildman–Crippen MR) is 89.9 cm³/mol. The van der Waals surface area contributed by atoms with E-state index in [2.05, 4.69) is 43.8 Å². The van der Waals surface area contributed by atoms with E-state index in [-0.39, 0.29) is 12.4 Å². The van der Waals surface area contributed by atoms with Crippen LogP contribution in [0.25, 0.3) is 0 Å². The molecule has 2 saturated heterocycles. The molecule has 0 spiro atoms. The topological polar surface area (TPSA) is 71.2 Å². The minimum atomic E-state index is -4.60. The normalized spacial score (nSPS) is 23.4. The summed E-state index contributed by atoms with van der Waals surface area (Å²) in [6.45, 7) is 7.82. The van der Waals surface area contributed by atoms with Gasteiger partial charge in [0.2, 0.25) is 5.89 Å². The fourth-order valence-corrected chi connectivity index (χ4v) is 3.88. The van der Waals surface area contributed by atoms with Gasteiger partial charge in [-0.25, -0.2) is 9.97 Å². The molecule has 2 aromatic heterocycles. The second-order valence-electron chi connectivity index (χ2n) is 7.57. The average Bonchev–Trinajstić information content (AvgIpc) is 3.29. The number of hydrogen-bond donors (Lipinski definition) is 0. The third-order valence-electron chi connectivity index (χ3n) is 5.22. The van der Waals surface area contributed by atoms with Crippen LogP contribution < -0.4 is 4.90 Å². The van der Waals surface area contributed by atoms with Crippen molar-refractivity contribution in [2.75, 3.05) is 31.1 Å². The summed E-state index contributed by atoms with van der Waals surface area (Å²) >= 11 is 0. The lowest BCUT2D eigenvalue weighted by Gasteiger charge is -2.22. The zero-order chi connectivity index (χ0) is 19.2. The zero-order valence-corrected chi connectivity index (χ0v) is 15.1. The fourth-order valence-electron chi connectivity index (χ4n) is 3.88. The van der Waals surface area contributed by atoms with Gasteiger partial charge in [-0.1, -0.05) is 13.8 Å². The first-order valence-corrected chi connectivity index (χ1v) is 8.98. The number of likely N-dealkylation sites (tertiary alicyclic amines) is 1. The molecule has 0 aromatic carbocycles. The fraction of sp³-hybridized carbons (Fsp3) is 0.647. The van der Waals surface area contributed by atoms with E-state index < -0.39 is 12.1 Å². The van der Waals surface area contributed by atoms with Crippen LogP contribution in [0.15, 0.2) is 16.8 Å². The monoisotopic (exact) mass is 382 g/mol. The maximum atomic E-state index is 12.6. The summed E-state index contributed by atoms with van der Waals surface area (Å²) in [7, 11) is 0. The first-order valence-electron chi connectivity index (χ1n) is 8.98. The van der Waals surface area contributed by atoms with Crippen LogP contribution in [0.2, 0.25) is 0 Å². The van der Waals surface area contributed by atoms with Gasteiger partial charge in [0.25, 0.3) is 0 Å². The predicted octanol–water partition coefficient (Wildman–Crippen LogP) is 2.57. The maximum Gasteiger partial charge on any atom is 0.470 e. The molecule has 0 aliphatic carbocycles. The van der Waals surface area contributed by atoms with Crippen molar-refractivity contribution >= 4 is 5.82 Å². The molecule has 146 valence electrons. The van der Waals surface area contributed by atoms with E-state index in [0.717, 1.165) is 37.7 Å². The van der Waals surface area contributed by atoms with Gasteiger partial charge in [-0.15, -0.1) is 10.2 Å². The molecule has 7 nitrogen and oxygen atoms in total. The van der Waals surface area contributed by atoms with Crippen molar-refractivity contribution in [2.45, 2.75) is 32.5 Å². The Kier molecular flexibility index (Phi) is 4.53. The summed E-state index contributed by atoms with van der Waals surface area (Å²) < 4.78 is 42.4. The van der Waals surface area contributed by atoms with Crippen LogP contribution in [0.3, 0.4) is 0 Å².